The number of ether oxygens (including phenoxy) is 2. The molecule has 0 amide bonds. The van der Waals surface area contributed by atoms with Crippen LogP contribution < -0.4 is 15.8 Å². The van der Waals surface area contributed by atoms with Gasteiger partial charge in [0.15, 0.2) is 5.96 Å². The van der Waals surface area contributed by atoms with E-state index < -0.39 is 0 Å². The average Bonchev–Trinajstić information content (AvgIpc) is 2.37. The average molecular weight is 408 g/mol. The largest absolute Gasteiger partial charge is 0.475 e. The van der Waals surface area contributed by atoms with Crippen molar-refractivity contribution in [1.82, 2.24) is 10.3 Å². The molecule has 1 unspecified atom stereocenters. The number of guanidine groups is 1. The van der Waals surface area contributed by atoms with Crippen LogP contribution in [0.25, 0.3) is 0 Å². The zero-order chi connectivity index (χ0) is 15.0. The van der Waals surface area contributed by atoms with Gasteiger partial charge in [0.1, 0.15) is 0 Å². The van der Waals surface area contributed by atoms with E-state index >= 15 is 0 Å². The van der Waals surface area contributed by atoms with E-state index in [0.29, 0.717) is 25.0 Å². The lowest BCUT2D eigenvalue weighted by Crippen LogP contribution is -2.40. The second-order valence-electron chi connectivity index (χ2n) is 4.87. The molecule has 0 saturated carbocycles. The molecular formula is C14H25IN4O2. The molecule has 1 heterocycles. The van der Waals surface area contributed by atoms with E-state index in [2.05, 4.69) is 15.3 Å². The smallest absolute Gasteiger partial charge is 0.213 e. The van der Waals surface area contributed by atoms with E-state index in [1.165, 1.54) is 0 Å². The van der Waals surface area contributed by atoms with Crippen molar-refractivity contribution < 1.29 is 9.47 Å². The summed E-state index contributed by atoms with van der Waals surface area (Å²) in [5.41, 5.74) is 6.76. The first-order chi connectivity index (χ1) is 9.51. The summed E-state index contributed by atoms with van der Waals surface area (Å²) in [7, 11) is 1.65. The minimum absolute atomic E-state index is 0. The van der Waals surface area contributed by atoms with Crippen molar-refractivity contribution in [1.29, 1.82) is 0 Å². The summed E-state index contributed by atoms with van der Waals surface area (Å²) in [5.74, 6) is 1.02. The van der Waals surface area contributed by atoms with Gasteiger partial charge in [-0.3, -0.25) is 0 Å². The maximum atomic E-state index is 5.79. The summed E-state index contributed by atoms with van der Waals surface area (Å²) in [4.78, 5) is 8.47. The van der Waals surface area contributed by atoms with Crippen LogP contribution in [0.15, 0.2) is 23.3 Å². The molecule has 1 atom stereocenters. The first kappa shape index (κ1) is 19.9. The number of pyridine rings is 1. The molecule has 0 bridgehead atoms. The van der Waals surface area contributed by atoms with Crippen LogP contribution >= 0.6 is 24.0 Å². The fourth-order valence-corrected chi connectivity index (χ4v) is 1.58. The number of nitrogens with zero attached hydrogens (tertiary/aromatic N) is 2. The standard InChI is InChI=1S/C14H24N4O2.HI/c1-10(2)20-13-6-5-12(7-16-13)8-17-14(15)18-11(3)9-19-4;/h5-7,10-11H,8-9H2,1-4H3,(H3,15,17,18);1H. The van der Waals surface area contributed by atoms with Gasteiger partial charge in [0, 0.05) is 25.4 Å². The lowest BCUT2D eigenvalue weighted by molar-refractivity contribution is 0.179. The molecule has 0 aliphatic rings. The number of halogens is 1. The summed E-state index contributed by atoms with van der Waals surface area (Å²) in [6.45, 7) is 6.97. The van der Waals surface area contributed by atoms with Crippen LogP contribution in [0.2, 0.25) is 0 Å². The number of nitrogens with one attached hydrogen (secondary N) is 1. The highest BCUT2D eigenvalue weighted by Gasteiger charge is 2.02. The SMILES string of the molecule is COCC(C)NC(N)=NCc1ccc(OC(C)C)nc1.I. The third-order valence-electron chi connectivity index (χ3n) is 2.40. The van der Waals surface area contributed by atoms with Gasteiger partial charge in [-0.15, -0.1) is 24.0 Å². The van der Waals surface area contributed by atoms with Gasteiger partial charge in [0.25, 0.3) is 0 Å². The zero-order valence-electron chi connectivity index (χ0n) is 13.0. The first-order valence-corrected chi connectivity index (χ1v) is 6.68. The van der Waals surface area contributed by atoms with Crippen molar-refractivity contribution in [2.75, 3.05) is 13.7 Å². The third kappa shape index (κ3) is 8.71. The summed E-state index contributed by atoms with van der Waals surface area (Å²) in [5, 5.41) is 3.05. The Balaban J connectivity index is 0.00000400. The highest BCUT2D eigenvalue weighted by atomic mass is 127. The van der Waals surface area contributed by atoms with Crippen molar-refractivity contribution in [2.45, 2.75) is 39.5 Å². The molecule has 120 valence electrons. The van der Waals surface area contributed by atoms with E-state index in [4.69, 9.17) is 15.2 Å². The summed E-state index contributed by atoms with van der Waals surface area (Å²) < 4.78 is 10.5. The minimum atomic E-state index is 0. The van der Waals surface area contributed by atoms with Crippen LogP contribution in [-0.2, 0) is 11.3 Å². The first-order valence-electron chi connectivity index (χ1n) is 6.68. The van der Waals surface area contributed by atoms with E-state index in [0.717, 1.165) is 5.56 Å². The van der Waals surface area contributed by atoms with Crippen LogP contribution in [0.5, 0.6) is 5.88 Å². The zero-order valence-corrected chi connectivity index (χ0v) is 15.3. The Kier molecular flexibility index (Phi) is 10.1. The van der Waals surface area contributed by atoms with Gasteiger partial charge in [-0.25, -0.2) is 9.98 Å². The number of hydrogen-bond donors (Lipinski definition) is 2. The summed E-state index contributed by atoms with van der Waals surface area (Å²) >= 11 is 0. The molecule has 0 fully saturated rings. The molecule has 1 aromatic rings. The normalized spacial score (nSPS) is 12.7. The van der Waals surface area contributed by atoms with Crippen molar-refractivity contribution in [3.8, 4) is 5.88 Å². The van der Waals surface area contributed by atoms with Crippen LogP contribution in [0.3, 0.4) is 0 Å². The Morgan fingerprint density at radius 2 is 2.10 bits per heavy atom. The number of hydrogen-bond acceptors (Lipinski definition) is 4. The van der Waals surface area contributed by atoms with Crippen LogP contribution in [0.1, 0.15) is 26.3 Å². The topological polar surface area (TPSA) is 81.8 Å². The highest BCUT2D eigenvalue weighted by Crippen LogP contribution is 2.10. The number of aliphatic imine (C=N–C) groups is 1. The number of methoxy groups -OCH3 is 1. The Labute approximate surface area is 143 Å². The molecule has 0 aliphatic heterocycles. The Morgan fingerprint density at radius 3 is 2.62 bits per heavy atom. The molecule has 21 heavy (non-hydrogen) atoms. The second-order valence-corrected chi connectivity index (χ2v) is 4.87. The van der Waals surface area contributed by atoms with Crippen LogP contribution in [0, 0.1) is 0 Å². The fraction of sp³-hybridized carbons (Fsp3) is 0.571. The Bertz CT molecular complexity index is 423. The monoisotopic (exact) mass is 408 g/mol. The maximum Gasteiger partial charge on any atom is 0.213 e. The summed E-state index contributed by atoms with van der Waals surface area (Å²) in [6, 6.07) is 3.89. The number of aromatic nitrogens is 1. The molecule has 3 N–H and O–H groups in total. The predicted molar refractivity (Wildman–Crippen MR) is 95.2 cm³/mol. The van der Waals surface area contributed by atoms with Crippen LogP contribution in [0.4, 0.5) is 0 Å². The molecule has 1 aromatic heterocycles. The van der Waals surface area contributed by atoms with Crippen molar-refractivity contribution in [3.63, 3.8) is 0 Å². The quantitative estimate of drug-likeness (QED) is 0.409. The molecule has 6 nitrogen and oxygen atoms in total. The Morgan fingerprint density at radius 1 is 1.38 bits per heavy atom. The molecule has 0 saturated heterocycles. The molecule has 1 rings (SSSR count). The van der Waals surface area contributed by atoms with E-state index in [9.17, 15) is 0 Å². The number of nitrogens with two attached hydrogens (primary N) is 1. The van der Waals surface area contributed by atoms with E-state index in [1.54, 1.807) is 13.3 Å². The van der Waals surface area contributed by atoms with Gasteiger partial charge in [0.2, 0.25) is 5.88 Å². The van der Waals surface area contributed by atoms with Crippen molar-refractivity contribution in [2.24, 2.45) is 10.7 Å². The van der Waals surface area contributed by atoms with Gasteiger partial charge in [-0.1, -0.05) is 6.07 Å². The fourth-order valence-electron chi connectivity index (χ4n) is 1.58. The minimum Gasteiger partial charge on any atom is -0.475 e. The molecule has 7 heteroatoms. The maximum absolute atomic E-state index is 5.79. The lowest BCUT2D eigenvalue weighted by Gasteiger charge is -2.13. The third-order valence-corrected chi connectivity index (χ3v) is 2.40. The predicted octanol–water partition coefficient (Wildman–Crippen LogP) is 1.93. The number of rotatable bonds is 7. The summed E-state index contributed by atoms with van der Waals surface area (Å²) in [6.07, 6.45) is 1.86. The molecular weight excluding hydrogens is 383 g/mol. The molecule has 0 aliphatic carbocycles. The lowest BCUT2D eigenvalue weighted by atomic mass is 10.3. The van der Waals surface area contributed by atoms with Gasteiger partial charge < -0.3 is 20.5 Å². The molecule has 0 radical (unpaired) electrons. The van der Waals surface area contributed by atoms with E-state index in [-0.39, 0.29) is 36.1 Å². The van der Waals surface area contributed by atoms with Crippen molar-refractivity contribution in [3.05, 3.63) is 23.9 Å². The van der Waals surface area contributed by atoms with Crippen LogP contribution in [-0.4, -0.2) is 36.8 Å². The second kappa shape index (κ2) is 10.6. The van der Waals surface area contributed by atoms with Gasteiger partial charge >= 0.3 is 0 Å². The molecule has 0 spiro atoms. The Hall–Kier alpha value is -1.09. The van der Waals surface area contributed by atoms with E-state index in [1.807, 2.05) is 32.9 Å². The van der Waals surface area contributed by atoms with Gasteiger partial charge in [0.05, 0.1) is 19.3 Å². The highest BCUT2D eigenvalue weighted by molar-refractivity contribution is 14.0. The van der Waals surface area contributed by atoms with Crippen molar-refractivity contribution >= 4 is 29.9 Å². The van der Waals surface area contributed by atoms with Gasteiger partial charge in [-0.2, -0.15) is 0 Å². The molecule has 0 aromatic carbocycles. The van der Waals surface area contributed by atoms with Gasteiger partial charge in [-0.05, 0) is 26.3 Å².